The Kier molecular flexibility index (Phi) is 1.07. The maximum Gasteiger partial charge on any atom is 0.250 e. The average Bonchev–Trinajstić information content (AvgIpc) is 2.27. The minimum Gasteiger partial charge on any atom is -0.272 e. The fourth-order valence-electron chi connectivity index (χ4n) is 1.21. The molecule has 0 aromatic heterocycles. The van der Waals surface area contributed by atoms with Gasteiger partial charge >= 0.3 is 0 Å². The predicted molar refractivity (Wildman–Crippen MR) is 38.9 cm³/mol. The third-order valence-corrected chi connectivity index (χ3v) is 1.69. The van der Waals surface area contributed by atoms with Crippen LogP contribution in [0.4, 0.5) is 0 Å². The SMILES string of the molecule is O=C1CC2=CCC=CC2=N1. The monoisotopic (exact) mass is 133 g/mol. The lowest BCUT2D eigenvalue weighted by Crippen LogP contribution is -1.95. The van der Waals surface area contributed by atoms with Crippen LogP contribution in [0.3, 0.4) is 0 Å². The smallest absolute Gasteiger partial charge is 0.250 e. The van der Waals surface area contributed by atoms with Gasteiger partial charge in [-0.05, 0) is 18.1 Å². The van der Waals surface area contributed by atoms with E-state index in [2.05, 4.69) is 11.1 Å². The van der Waals surface area contributed by atoms with E-state index < -0.39 is 0 Å². The van der Waals surface area contributed by atoms with Crippen molar-refractivity contribution in [3.8, 4) is 0 Å². The highest BCUT2D eigenvalue weighted by atomic mass is 16.1. The first-order valence-electron chi connectivity index (χ1n) is 3.34. The van der Waals surface area contributed by atoms with Crippen LogP contribution in [0.5, 0.6) is 0 Å². The van der Waals surface area contributed by atoms with Crippen molar-refractivity contribution in [3.05, 3.63) is 23.8 Å². The van der Waals surface area contributed by atoms with Crippen molar-refractivity contribution in [2.45, 2.75) is 12.8 Å². The quantitative estimate of drug-likeness (QED) is 0.489. The molecule has 2 heteroatoms. The zero-order valence-corrected chi connectivity index (χ0v) is 5.50. The van der Waals surface area contributed by atoms with Gasteiger partial charge in [-0.3, -0.25) is 4.79 Å². The number of carbonyl (C=O) groups excluding carboxylic acids is 1. The van der Waals surface area contributed by atoms with Gasteiger partial charge in [0.1, 0.15) is 0 Å². The molecule has 1 aliphatic heterocycles. The summed E-state index contributed by atoms with van der Waals surface area (Å²) in [5, 5.41) is 0. The van der Waals surface area contributed by atoms with Gasteiger partial charge in [-0.25, -0.2) is 4.99 Å². The number of rotatable bonds is 0. The lowest BCUT2D eigenvalue weighted by Gasteiger charge is -1.99. The highest BCUT2D eigenvalue weighted by molar-refractivity contribution is 6.20. The summed E-state index contributed by atoms with van der Waals surface area (Å²) < 4.78 is 0. The molecule has 0 unspecified atom stereocenters. The molecule has 0 radical (unpaired) electrons. The molecule has 0 aromatic carbocycles. The number of fused-ring (bicyclic) bond motifs is 1. The van der Waals surface area contributed by atoms with Crippen LogP contribution in [0.2, 0.25) is 0 Å². The second-order valence-electron chi connectivity index (χ2n) is 2.43. The van der Waals surface area contributed by atoms with Gasteiger partial charge in [-0.15, -0.1) is 0 Å². The molecule has 2 rings (SSSR count). The molecule has 0 saturated heterocycles. The Bertz CT molecular complexity index is 271. The van der Waals surface area contributed by atoms with Crippen molar-refractivity contribution >= 4 is 11.6 Å². The summed E-state index contributed by atoms with van der Waals surface area (Å²) in [6.45, 7) is 0. The van der Waals surface area contributed by atoms with Crippen LogP contribution in [-0.4, -0.2) is 11.6 Å². The van der Waals surface area contributed by atoms with Gasteiger partial charge in [0, 0.05) is 0 Å². The van der Waals surface area contributed by atoms with E-state index >= 15 is 0 Å². The molecule has 50 valence electrons. The standard InChI is InChI=1S/C8H7NO/c10-8-5-6-3-1-2-4-7(6)9-8/h2-4H,1,5H2. The zero-order chi connectivity index (χ0) is 6.97. The lowest BCUT2D eigenvalue weighted by molar-refractivity contribution is -0.116. The fraction of sp³-hybridized carbons (Fsp3) is 0.250. The molecule has 1 aliphatic carbocycles. The van der Waals surface area contributed by atoms with Gasteiger partial charge in [0.2, 0.25) is 0 Å². The van der Waals surface area contributed by atoms with Gasteiger partial charge in [0.25, 0.3) is 5.91 Å². The summed E-state index contributed by atoms with van der Waals surface area (Å²) in [7, 11) is 0. The first-order valence-corrected chi connectivity index (χ1v) is 3.34. The predicted octanol–water partition coefficient (Wildman–Crippen LogP) is 1.24. The Morgan fingerprint density at radius 1 is 1.50 bits per heavy atom. The minimum atomic E-state index is -0.00667. The van der Waals surface area contributed by atoms with Crippen LogP contribution in [0.15, 0.2) is 28.8 Å². The van der Waals surface area contributed by atoms with E-state index in [4.69, 9.17) is 0 Å². The number of hydrogen-bond donors (Lipinski definition) is 0. The molecule has 0 aromatic rings. The summed E-state index contributed by atoms with van der Waals surface area (Å²) >= 11 is 0. The van der Waals surface area contributed by atoms with Crippen LogP contribution < -0.4 is 0 Å². The van der Waals surface area contributed by atoms with Crippen molar-refractivity contribution in [1.82, 2.24) is 0 Å². The van der Waals surface area contributed by atoms with Crippen molar-refractivity contribution < 1.29 is 4.79 Å². The molecule has 0 fully saturated rings. The lowest BCUT2D eigenvalue weighted by atomic mass is 10.0. The van der Waals surface area contributed by atoms with E-state index in [0.29, 0.717) is 6.42 Å². The molecule has 1 heterocycles. The van der Waals surface area contributed by atoms with E-state index in [-0.39, 0.29) is 5.91 Å². The van der Waals surface area contributed by atoms with E-state index in [0.717, 1.165) is 17.7 Å². The molecular weight excluding hydrogens is 126 g/mol. The van der Waals surface area contributed by atoms with Gasteiger partial charge in [0.05, 0.1) is 12.1 Å². The number of nitrogens with zero attached hydrogens (tertiary/aromatic N) is 1. The maximum absolute atomic E-state index is 10.7. The third kappa shape index (κ3) is 0.727. The van der Waals surface area contributed by atoms with Crippen LogP contribution >= 0.6 is 0 Å². The third-order valence-electron chi connectivity index (χ3n) is 1.69. The van der Waals surface area contributed by atoms with Gasteiger partial charge < -0.3 is 0 Å². The van der Waals surface area contributed by atoms with Crippen LogP contribution in [-0.2, 0) is 4.79 Å². The Morgan fingerprint density at radius 2 is 2.40 bits per heavy atom. The van der Waals surface area contributed by atoms with Gasteiger partial charge in [-0.1, -0.05) is 12.2 Å². The first kappa shape index (κ1) is 5.59. The Hall–Kier alpha value is -1.18. The second kappa shape index (κ2) is 1.90. The largest absolute Gasteiger partial charge is 0.272 e. The molecule has 0 atom stereocenters. The molecule has 0 bridgehead atoms. The summed E-state index contributed by atoms with van der Waals surface area (Å²) in [5.41, 5.74) is 1.98. The number of carbonyl (C=O) groups is 1. The molecule has 2 nitrogen and oxygen atoms in total. The molecule has 1 amide bonds. The van der Waals surface area contributed by atoms with Crippen LogP contribution in [0.25, 0.3) is 0 Å². The van der Waals surface area contributed by atoms with E-state index in [9.17, 15) is 4.79 Å². The van der Waals surface area contributed by atoms with Gasteiger partial charge in [0.15, 0.2) is 0 Å². The number of allylic oxidation sites excluding steroid dienone is 3. The van der Waals surface area contributed by atoms with Crippen molar-refractivity contribution in [1.29, 1.82) is 0 Å². The van der Waals surface area contributed by atoms with Crippen molar-refractivity contribution in [2.75, 3.05) is 0 Å². The number of amides is 1. The molecule has 0 N–H and O–H groups in total. The second-order valence-corrected chi connectivity index (χ2v) is 2.43. The van der Waals surface area contributed by atoms with Crippen molar-refractivity contribution in [2.24, 2.45) is 4.99 Å². The number of hydrogen-bond acceptors (Lipinski definition) is 1. The molecule has 0 spiro atoms. The molecule has 0 saturated carbocycles. The summed E-state index contributed by atoms with van der Waals surface area (Å²) in [6.07, 6.45) is 7.45. The fourth-order valence-corrected chi connectivity index (χ4v) is 1.21. The van der Waals surface area contributed by atoms with Crippen LogP contribution in [0, 0.1) is 0 Å². The van der Waals surface area contributed by atoms with E-state index in [1.165, 1.54) is 0 Å². The topological polar surface area (TPSA) is 29.4 Å². The molecular formula is C8H7NO. The Morgan fingerprint density at radius 3 is 3.20 bits per heavy atom. The molecule has 2 aliphatic rings. The molecule has 10 heavy (non-hydrogen) atoms. The summed E-state index contributed by atoms with van der Waals surface area (Å²) in [5.74, 6) is -0.00667. The zero-order valence-electron chi connectivity index (χ0n) is 5.50. The first-order chi connectivity index (χ1) is 4.86. The highest BCUT2D eigenvalue weighted by Crippen LogP contribution is 2.19. The van der Waals surface area contributed by atoms with Crippen molar-refractivity contribution in [3.63, 3.8) is 0 Å². The average molecular weight is 133 g/mol. The minimum absolute atomic E-state index is 0.00667. The Labute approximate surface area is 59.0 Å². The highest BCUT2D eigenvalue weighted by Gasteiger charge is 2.18. The normalized spacial score (nSPS) is 22.2. The summed E-state index contributed by atoms with van der Waals surface area (Å²) in [6, 6.07) is 0. The summed E-state index contributed by atoms with van der Waals surface area (Å²) in [4.78, 5) is 14.6. The number of aliphatic imine (C=N–C) groups is 1. The maximum atomic E-state index is 10.7. The van der Waals surface area contributed by atoms with E-state index in [1.54, 1.807) is 0 Å². The van der Waals surface area contributed by atoms with E-state index in [1.807, 2.05) is 12.2 Å². The van der Waals surface area contributed by atoms with Crippen LogP contribution in [0.1, 0.15) is 12.8 Å². The van der Waals surface area contributed by atoms with Gasteiger partial charge in [-0.2, -0.15) is 0 Å². The Balaban J connectivity index is 2.43.